The van der Waals surface area contributed by atoms with Crippen molar-refractivity contribution < 1.29 is 24.2 Å². The Balaban J connectivity index is 2.01. The van der Waals surface area contributed by atoms with E-state index in [2.05, 4.69) is 10.6 Å². The number of hydrogen-bond acceptors (Lipinski definition) is 5. The number of rotatable bonds is 8. The Labute approximate surface area is 219 Å². The first-order chi connectivity index (χ1) is 17.3. The van der Waals surface area contributed by atoms with Crippen molar-refractivity contribution in [1.82, 2.24) is 10.2 Å². The van der Waals surface area contributed by atoms with Gasteiger partial charge in [-0.1, -0.05) is 38.1 Å². The molecule has 2 aromatic carbocycles. The molecule has 1 fully saturated rings. The highest BCUT2D eigenvalue weighted by Gasteiger charge is 2.45. The van der Waals surface area contributed by atoms with Crippen LogP contribution in [0.1, 0.15) is 70.2 Å². The van der Waals surface area contributed by atoms with E-state index >= 15 is 0 Å². The van der Waals surface area contributed by atoms with Crippen molar-refractivity contribution in [2.24, 2.45) is 5.92 Å². The third-order valence-electron chi connectivity index (χ3n) is 6.27. The summed E-state index contributed by atoms with van der Waals surface area (Å²) in [5.74, 6) is -0.848. The van der Waals surface area contributed by atoms with Gasteiger partial charge in [-0.2, -0.15) is 0 Å². The van der Waals surface area contributed by atoms with Crippen LogP contribution < -0.4 is 10.6 Å². The quantitative estimate of drug-likeness (QED) is 0.452. The average Bonchev–Trinajstić information content (AvgIpc) is 3.62. The second-order valence-electron chi connectivity index (χ2n) is 11.1. The molecule has 3 N–H and O–H groups in total. The summed E-state index contributed by atoms with van der Waals surface area (Å²) in [4.78, 5) is 42.2. The van der Waals surface area contributed by atoms with Crippen LogP contribution >= 0.6 is 0 Å². The molecule has 2 unspecified atom stereocenters. The molecule has 2 atom stereocenters. The molecule has 0 aromatic heterocycles. The monoisotopic (exact) mass is 509 g/mol. The number of phenolic OH excluding ortho intramolecular Hbond substituents is 1. The van der Waals surface area contributed by atoms with Gasteiger partial charge in [-0.05, 0) is 88.3 Å². The van der Waals surface area contributed by atoms with Crippen molar-refractivity contribution in [3.05, 3.63) is 59.2 Å². The SMILES string of the molecule is Cc1cc(C(C(=O)Nc2ccccc2C)N(C(=O)C(NC(=O)OC(C)(C)C)C(C)C)C2CC2)ccc1O. The van der Waals surface area contributed by atoms with E-state index in [0.29, 0.717) is 16.8 Å². The standard InChI is InChI=1S/C29H39N3O5/c1-17(2)24(31-28(36)37-29(5,6)7)27(35)32(21-13-14-21)25(20-12-15-23(33)19(4)16-20)26(34)30-22-11-9-8-10-18(22)3/h8-12,15-17,21,24-25,33H,13-14H2,1-7H3,(H,30,34)(H,31,36). The molecule has 37 heavy (non-hydrogen) atoms. The third-order valence-corrected chi connectivity index (χ3v) is 6.27. The van der Waals surface area contributed by atoms with Gasteiger partial charge in [-0.3, -0.25) is 9.59 Å². The lowest BCUT2D eigenvalue weighted by atomic mass is 9.97. The highest BCUT2D eigenvalue weighted by molar-refractivity contribution is 5.99. The second-order valence-corrected chi connectivity index (χ2v) is 11.1. The van der Waals surface area contributed by atoms with Crippen molar-refractivity contribution in [1.29, 1.82) is 0 Å². The number of aromatic hydroxyl groups is 1. The molecule has 8 nitrogen and oxygen atoms in total. The van der Waals surface area contributed by atoms with Crippen molar-refractivity contribution in [3.63, 3.8) is 0 Å². The molecule has 1 saturated carbocycles. The van der Waals surface area contributed by atoms with E-state index in [-0.39, 0.29) is 29.5 Å². The maximum atomic E-state index is 14.1. The number of ether oxygens (including phenoxy) is 1. The van der Waals surface area contributed by atoms with Crippen LogP contribution in [0.3, 0.4) is 0 Å². The Morgan fingerprint density at radius 1 is 1.03 bits per heavy atom. The van der Waals surface area contributed by atoms with Crippen LogP contribution in [0.2, 0.25) is 0 Å². The molecule has 0 saturated heterocycles. The fourth-order valence-corrected chi connectivity index (χ4v) is 4.18. The van der Waals surface area contributed by atoms with E-state index in [0.717, 1.165) is 18.4 Å². The molecule has 8 heteroatoms. The van der Waals surface area contributed by atoms with E-state index in [1.54, 1.807) is 44.7 Å². The number of anilines is 1. The minimum absolute atomic E-state index is 0.109. The summed E-state index contributed by atoms with van der Waals surface area (Å²) < 4.78 is 5.41. The van der Waals surface area contributed by atoms with Gasteiger partial charge in [-0.25, -0.2) is 4.79 Å². The number of para-hydroxylation sites is 1. The summed E-state index contributed by atoms with van der Waals surface area (Å²) in [6.07, 6.45) is 0.833. The molecular formula is C29H39N3O5. The number of amides is 3. The van der Waals surface area contributed by atoms with E-state index in [1.807, 2.05) is 45.0 Å². The first-order valence-corrected chi connectivity index (χ1v) is 12.8. The highest BCUT2D eigenvalue weighted by Crippen LogP contribution is 2.37. The molecule has 0 spiro atoms. The first kappa shape index (κ1) is 28.0. The van der Waals surface area contributed by atoms with E-state index in [4.69, 9.17) is 4.74 Å². The average molecular weight is 510 g/mol. The predicted octanol–water partition coefficient (Wildman–Crippen LogP) is 5.23. The van der Waals surface area contributed by atoms with Crippen molar-refractivity contribution in [3.8, 4) is 5.75 Å². The molecule has 1 aliphatic carbocycles. The molecule has 1 aliphatic rings. The lowest BCUT2D eigenvalue weighted by Crippen LogP contribution is -2.55. The zero-order valence-electron chi connectivity index (χ0n) is 22.8. The zero-order chi connectivity index (χ0) is 27.5. The third kappa shape index (κ3) is 7.24. The Bertz CT molecular complexity index is 1150. The molecule has 0 radical (unpaired) electrons. The van der Waals surface area contributed by atoms with Crippen molar-refractivity contribution in [2.45, 2.75) is 85.0 Å². The van der Waals surface area contributed by atoms with Gasteiger partial charge in [0, 0.05) is 11.7 Å². The van der Waals surface area contributed by atoms with Crippen LogP contribution in [0.4, 0.5) is 10.5 Å². The smallest absolute Gasteiger partial charge is 0.408 e. The number of aryl methyl sites for hydroxylation is 2. The number of nitrogens with zero attached hydrogens (tertiary/aromatic N) is 1. The number of phenols is 1. The summed E-state index contributed by atoms with van der Waals surface area (Å²) in [6, 6.07) is 10.4. The van der Waals surface area contributed by atoms with Crippen LogP contribution in [-0.4, -0.2) is 45.6 Å². The molecular weight excluding hydrogens is 470 g/mol. The van der Waals surface area contributed by atoms with Crippen LogP contribution in [0, 0.1) is 19.8 Å². The minimum Gasteiger partial charge on any atom is -0.508 e. The highest BCUT2D eigenvalue weighted by atomic mass is 16.6. The Morgan fingerprint density at radius 3 is 2.22 bits per heavy atom. The summed E-state index contributed by atoms with van der Waals surface area (Å²) in [6.45, 7) is 12.6. The maximum absolute atomic E-state index is 14.1. The van der Waals surface area contributed by atoms with Gasteiger partial charge in [0.2, 0.25) is 5.91 Å². The Hall–Kier alpha value is -3.55. The Morgan fingerprint density at radius 2 is 1.68 bits per heavy atom. The number of carbonyl (C=O) groups is 3. The zero-order valence-corrected chi connectivity index (χ0v) is 22.8. The van der Waals surface area contributed by atoms with Crippen LogP contribution in [0.15, 0.2) is 42.5 Å². The van der Waals surface area contributed by atoms with Gasteiger partial charge in [0.25, 0.3) is 5.91 Å². The maximum Gasteiger partial charge on any atom is 0.408 e. The van der Waals surface area contributed by atoms with Gasteiger partial charge in [-0.15, -0.1) is 0 Å². The van der Waals surface area contributed by atoms with Crippen LogP contribution in [0.25, 0.3) is 0 Å². The van der Waals surface area contributed by atoms with Crippen molar-refractivity contribution in [2.75, 3.05) is 5.32 Å². The summed E-state index contributed by atoms with van der Waals surface area (Å²) >= 11 is 0. The molecule has 0 heterocycles. The summed E-state index contributed by atoms with van der Waals surface area (Å²) in [5.41, 5.74) is 2.02. The largest absolute Gasteiger partial charge is 0.508 e. The molecule has 3 rings (SSSR count). The lowest BCUT2D eigenvalue weighted by molar-refractivity contribution is -0.142. The summed E-state index contributed by atoms with van der Waals surface area (Å²) in [7, 11) is 0. The molecule has 200 valence electrons. The van der Waals surface area contributed by atoms with Gasteiger partial charge in [0.05, 0.1) is 0 Å². The van der Waals surface area contributed by atoms with Crippen LogP contribution in [0.5, 0.6) is 5.75 Å². The number of benzene rings is 2. The normalized spacial score (nSPS) is 15.0. The number of carbonyl (C=O) groups excluding carboxylic acids is 3. The first-order valence-electron chi connectivity index (χ1n) is 12.8. The summed E-state index contributed by atoms with van der Waals surface area (Å²) in [5, 5.41) is 15.8. The van der Waals surface area contributed by atoms with Crippen molar-refractivity contribution >= 4 is 23.6 Å². The second kappa shape index (κ2) is 11.2. The molecule has 0 bridgehead atoms. The van der Waals surface area contributed by atoms with E-state index in [9.17, 15) is 19.5 Å². The minimum atomic E-state index is -0.958. The molecule has 3 amide bonds. The fraction of sp³-hybridized carbons (Fsp3) is 0.483. The number of nitrogens with one attached hydrogen (secondary N) is 2. The topological polar surface area (TPSA) is 108 Å². The fourth-order valence-electron chi connectivity index (χ4n) is 4.18. The van der Waals surface area contributed by atoms with E-state index < -0.39 is 23.8 Å². The molecule has 2 aromatic rings. The van der Waals surface area contributed by atoms with Gasteiger partial charge >= 0.3 is 6.09 Å². The van der Waals surface area contributed by atoms with Gasteiger partial charge in [0.15, 0.2) is 0 Å². The predicted molar refractivity (Wildman–Crippen MR) is 143 cm³/mol. The van der Waals surface area contributed by atoms with Gasteiger partial charge < -0.3 is 25.4 Å². The van der Waals surface area contributed by atoms with E-state index in [1.165, 1.54) is 6.07 Å². The Kier molecular flexibility index (Phi) is 8.51. The van der Waals surface area contributed by atoms with Gasteiger partial charge in [0.1, 0.15) is 23.4 Å². The number of hydrogen-bond donors (Lipinski definition) is 3. The molecule has 0 aliphatic heterocycles. The van der Waals surface area contributed by atoms with Crippen LogP contribution in [-0.2, 0) is 14.3 Å². The lowest BCUT2D eigenvalue weighted by Gasteiger charge is -2.36. The number of alkyl carbamates (subject to hydrolysis) is 1.